The van der Waals surface area contributed by atoms with Gasteiger partial charge >= 0.3 is 0 Å². The molecule has 0 spiro atoms. The molecule has 2 unspecified atom stereocenters. The van der Waals surface area contributed by atoms with E-state index in [4.69, 9.17) is 0 Å². The molecule has 0 aromatic rings. The van der Waals surface area contributed by atoms with E-state index in [1.807, 2.05) is 0 Å². The van der Waals surface area contributed by atoms with Crippen molar-refractivity contribution in [1.82, 2.24) is 0 Å². The van der Waals surface area contributed by atoms with Gasteiger partial charge in [-0.05, 0) is 19.3 Å². The Labute approximate surface area is 74.6 Å². The van der Waals surface area contributed by atoms with Crippen LogP contribution in [0.2, 0.25) is 0 Å². The van der Waals surface area contributed by atoms with Crippen molar-refractivity contribution in [3.63, 3.8) is 0 Å². The minimum Gasteiger partial charge on any atom is -0.393 e. The summed E-state index contributed by atoms with van der Waals surface area (Å²) in [6.45, 7) is 0. The summed E-state index contributed by atoms with van der Waals surface area (Å²) >= 11 is 0. The lowest BCUT2D eigenvalue weighted by molar-refractivity contribution is 0.0658. The summed E-state index contributed by atoms with van der Waals surface area (Å²) in [5.74, 6) is 0. The fraction of sp³-hybridized carbons (Fsp3) is 1.00. The van der Waals surface area contributed by atoms with Gasteiger partial charge in [0.25, 0.3) is 0 Å². The molecule has 1 saturated carbocycles. The van der Waals surface area contributed by atoms with Crippen LogP contribution in [0.3, 0.4) is 0 Å². The van der Waals surface area contributed by atoms with Crippen LogP contribution in [0.15, 0.2) is 0 Å². The lowest BCUT2D eigenvalue weighted by atomic mass is 9.97. The lowest BCUT2D eigenvalue weighted by Gasteiger charge is -2.17. The van der Waals surface area contributed by atoms with Crippen LogP contribution >= 0.6 is 0 Å². The monoisotopic (exact) mass is 172 g/mol. The van der Waals surface area contributed by atoms with Crippen molar-refractivity contribution in [2.45, 2.75) is 63.6 Å². The van der Waals surface area contributed by atoms with E-state index in [0.29, 0.717) is 6.42 Å². The van der Waals surface area contributed by atoms with Crippen molar-refractivity contribution in [2.24, 2.45) is 0 Å². The molecule has 12 heavy (non-hydrogen) atoms. The third-order valence-electron chi connectivity index (χ3n) is 2.62. The minimum atomic E-state index is -0.266. The van der Waals surface area contributed by atoms with Crippen LogP contribution in [0.25, 0.3) is 0 Å². The lowest BCUT2D eigenvalue weighted by Crippen LogP contribution is -2.18. The molecule has 0 radical (unpaired) electrons. The molecule has 0 aromatic carbocycles. The van der Waals surface area contributed by atoms with E-state index < -0.39 is 0 Å². The molecule has 2 N–H and O–H groups in total. The largest absolute Gasteiger partial charge is 0.393 e. The Balaban J connectivity index is 2.24. The first kappa shape index (κ1) is 10.0. The Morgan fingerprint density at radius 2 is 1.08 bits per heavy atom. The summed E-state index contributed by atoms with van der Waals surface area (Å²) in [5, 5.41) is 18.9. The summed E-state index contributed by atoms with van der Waals surface area (Å²) in [7, 11) is 0. The molecule has 0 saturated heterocycles. The van der Waals surface area contributed by atoms with Gasteiger partial charge in [0, 0.05) is 0 Å². The van der Waals surface area contributed by atoms with Crippen LogP contribution in [0.5, 0.6) is 0 Å². The zero-order valence-electron chi connectivity index (χ0n) is 7.71. The highest BCUT2D eigenvalue weighted by Crippen LogP contribution is 2.16. The molecule has 0 amide bonds. The summed E-state index contributed by atoms with van der Waals surface area (Å²) in [6, 6.07) is 0. The quantitative estimate of drug-likeness (QED) is 0.585. The summed E-state index contributed by atoms with van der Waals surface area (Å²) in [5.41, 5.74) is 0. The van der Waals surface area contributed by atoms with Gasteiger partial charge in [0.05, 0.1) is 12.2 Å². The molecule has 2 atom stereocenters. The molecule has 0 heterocycles. The average molecular weight is 172 g/mol. The van der Waals surface area contributed by atoms with Crippen molar-refractivity contribution < 1.29 is 10.2 Å². The fourth-order valence-corrected chi connectivity index (χ4v) is 1.84. The average Bonchev–Trinajstić information content (AvgIpc) is 2.02. The van der Waals surface area contributed by atoms with Gasteiger partial charge in [-0.1, -0.05) is 32.1 Å². The Morgan fingerprint density at radius 3 is 1.58 bits per heavy atom. The van der Waals surface area contributed by atoms with Gasteiger partial charge in [-0.3, -0.25) is 0 Å². The standard InChI is InChI=1S/C10H20O2/c11-9-6-4-2-1-3-5-7-10(12)8-9/h9-12H,1-8H2. The molecule has 1 aliphatic carbocycles. The normalized spacial score (nSPS) is 34.5. The number of hydrogen-bond donors (Lipinski definition) is 2. The van der Waals surface area contributed by atoms with Gasteiger partial charge in [-0.25, -0.2) is 0 Å². The first-order chi connectivity index (χ1) is 5.79. The van der Waals surface area contributed by atoms with Crippen molar-refractivity contribution in [3.8, 4) is 0 Å². The third kappa shape index (κ3) is 4.07. The summed E-state index contributed by atoms with van der Waals surface area (Å²) in [4.78, 5) is 0. The second kappa shape index (κ2) is 5.55. The van der Waals surface area contributed by atoms with Gasteiger partial charge in [-0.2, -0.15) is 0 Å². The SMILES string of the molecule is OC1CCCCCCCC(O)C1. The van der Waals surface area contributed by atoms with Crippen LogP contribution in [0.4, 0.5) is 0 Å². The molecule has 2 heteroatoms. The van der Waals surface area contributed by atoms with E-state index in [-0.39, 0.29) is 12.2 Å². The van der Waals surface area contributed by atoms with Gasteiger partial charge in [0.15, 0.2) is 0 Å². The number of aliphatic hydroxyl groups excluding tert-OH is 2. The van der Waals surface area contributed by atoms with Gasteiger partial charge in [-0.15, -0.1) is 0 Å². The van der Waals surface area contributed by atoms with Crippen molar-refractivity contribution >= 4 is 0 Å². The fourth-order valence-electron chi connectivity index (χ4n) is 1.84. The zero-order valence-corrected chi connectivity index (χ0v) is 7.71. The van der Waals surface area contributed by atoms with Crippen LogP contribution in [-0.4, -0.2) is 22.4 Å². The van der Waals surface area contributed by atoms with Gasteiger partial charge < -0.3 is 10.2 Å². The van der Waals surface area contributed by atoms with E-state index in [1.54, 1.807) is 0 Å². The minimum absolute atomic E-state index is 0.266. The van der Waals surface area contributed by atoms with Crippen LogP contribution in [0.1, 0.15) is 51.4 Å². The Hall–Kier alpha value is -0.0800. The Bertz CT molecular complexity index is 102. The van der Waals surface area contributed by atoms with Crippen LogP contribution in [0, 0.1) is 0 Å². The van der Waals surface area contributed by atoms with Gasteiger partial charge in [0.2, 0.25) is 0 Å². The maximum atomic E-state index is 9.44. The van der Waals surface area contributed by atoms with Crippen molar-refractivity contribution in [2.75, 3.05) is 0 Å². The first-order valence-corrected chi connectivity index (χ1v) is 5.15. The summed E-state index contributed by atoms with van der Waals surface area (Å²) in [6.07, 6.45) is 7.78. The summed E-state index contributed by atoms with van der Waals surface area (Å²) < 4.78 is 0. The molecular formula is C10H20O2. The third-order valence-corrected chi connectivity index (χ3v) is 2.62. The van der Waals surface area contributed by atoms with Crippen LogP contribution in [-0.2, 0) is 0 Å². The second-order valence-electron chi connectivity index (χ2n) is 3.89. The first-order valence-electron chi connectivity index (χ1n) is 5.15. The van der Waals surface area contributed by atoms with E-state index in [9.17, 15) is 10.2 Å². The molecule has 1 rings (SSSR count). The van der Waals surface area contributed by atoms with E-state index >= 15 is 0 Å². The number of rotatable bonds is 0. The smallest absolute Gasteiger partial charge is 0.0564 e. The number of aliphatic hydroxyl groups is 2. The highest BCUT2D eigenvalue weighted by Gasteiger charge is 2.12. The molecule has 1 aliphatic rings. The molecule has 1 fully saturated rings. The maximum Gasteiger partial charge on any atom is 0.0564 e. The van der Waals surface area contributed by atoms with Crippen molar-refractivity contribution in [3.05, 3.63) is 0 Å². The zero-order chi connectivity index (χ0) is 8.81. The Morgan fingerprint density at radius 1 is 0.667 bits per heavy atom. The van der Waals surface area contributed by atoms with Gasteiger partial charge in [0.1, 0.15) is 0 Å². The molecule has 2 nitrogen and oxygen atoms in total. The van der Waals surface area contributed by atoms with E-state index in [0.717, 1.165) is 25.7 Å². The molecule has 0 bridgehead atoms. The van der Waals surface area contributed by atoms with E-state index in [1.165, 1.54) is 19.3 Å². The maximum absolute atomic E-state index is 9.44. The predicted molar refractivity (Wildman–Crippen MR) is 48.9 cm³/mol. The molecule has 0 aromatic heterocycles. The highest BCUT2D eigenvalue weighted by molar-refractivity contribution is 4.65. The van der Waals surface area contributed by atoms with E-state index in [2.05, 4.69) is 0 Å². The molecule has 0 aliphatic heterocycles. The van der Waals surface area contributed by atoms with Crippen LogP contribution < -0.4 is 0 Å². The predicted octanol–water partition coefficient (Wildman–Crippen LogP) is 1.84. The number of hydrogen-bond acceptors (Lipinski definition) is 2. The second-order valence-corrected chi connectivity index (χ2v) is 3.89. The molecule has 72 valence electrons. The Kier molecular flexibility index (Phi) is 4.62. The highest BCUT2D eigenvalue weighted by atomic mass is 16.3. The topological polar surface area (TPSA) is 40.5 Å². The molecular weight excluding hydrogens is 152 g/mol. The van der Waals surface area contributed by atoms with Crippen molar-refractivity contribution in [1.29, 1.82) is 0 Å².